The average Bonchev–Trinajstić information content (AvgIpc) is 2.67. The summed E-state index contributed by atoms with van der Waals surface area (Å²) in [5.41, 5.74) is 1.07. The number of rotatable bonds is 5. The van der Waals surface area contributed by atoms with E-state index in [-0.39, 0.29) is 11.5 Å². The van der Waals surface area contributed by atoms with Gasteiger partial charge in [-0.3, -0.25) is 4.79 Å². The van der Waals surface area contributed by atoms with Crippen LogP contribution in [0.25, 0.3) is 11.0 Å². The molecule has 0 bridgehead atoms. The molecule has 96 valence electrons. The average molecular weight is 274 g/mol. The van der Waals surface area contributed by atoms with Crippen LogP contribution in [0, 0.1) is 0 Å². The summed E-state index contributed by atoms with van der Waals surface area (Å²) in [6.07, 6.45) is 0. The predicted octanol–water partition coefficient (Wildman–Crippen LogP) is 2.34. The van der Waals surface area contributed by atoms with Gasteiger partial charge < -0.3 is 14.8 Å². The number of ether oxygens (including phenoxy) is 1. The van der Waals surface area contributed by atoms with Gasteiger partial charge in [-0.1, -0.05) is 11.8 Å². The fraction of sp³-hybridized carbons (Fsp3) is 0.200. The van der Waals surface area contributed by atoms with Crippen molar-refractivity contribution in [1.29, 1.82) is 0 Å². The van der Waals surface area contributed by atoms with Crippen molar-refractivity contribution in [3.8, 4) is 5.75 Å². The first-order valence-corrected chi connectivity index (χ1v) is 5.82. The number of hydrogen-bond donors (Lipinski definition) is 2. The number of imidazole rings is 1. The van der Waals surface area contributed by atoms with E-state index < -0.39 is 12.6 Å². The topological polar surface area (TPSA) is 75.2 Å². The zero-order valence-corrected chi connectivity index (χ0v) is 9.71. The second-order valence-corrected chi connectivity index (χ2v) is 4.25. The first kappa shape index (κ1) is 12.6. The lowest BCUT2D eigenvalue weighted by Crippen LogP contribution is -2.01. The lowest BCUT2D eigenvalue weighted by atomic mass is 10.3. The van der Waals surface area contributed by atoms with Crippen molar-refractivity contribution in [2.24, 2.45) is 0 Å². The molecule has 0 unspecified atom stereocenters. The third-order valence-corrected chi connectivity index (χ3v) is 2.85. The molecule has 2 rings (SSSR count). The quantitative estimate of drug-likeness (QED) is 0.818. The molecule has 1 heterocycles. The number of halogens is 2. The van der Waals surface area contributed by atoms with E-state index in [1.807, 2.05) is 0 Å². The number of carboxylic acids is 1. The summed E-state index contributed by atoms with van der Waals surface area (Å²) in [6, 6.07) is 4.29. The van der Waals surface area contributed by atoms with Gasteiger partial charge in [0.2, 0.25) is 0 Å². The maximum absolute atomic E-state index is 12.0. The zero-order chi connectivity index (χ0) is 13.1. The number of carbonyl (C=O) groups is 1. The van der Waals surface area contributed by atoms with Gasteiger partial charge in [0, 0.05) is 6.07 Å². The number of aliphatic carboxylic acids is 1. The van der Waals surface area contributed by atoms with Gasteiger partial charge in [-0.2, -0.15) is 8.78 Å². The Labute approximate surface area is 104 Å². The van der Waals surface area contributed by atoms with Crippen LogP contribution < -0.4 is 4.74 Å². The molecule has 0 saturated carbocycles. The van der Waals surface area contributed by atoms with Gasteiger partial charge in [0.05, 0.1) is 16.8 Å². The van der Waals surface area contributed by atoms with Crippen LogP contribution in [0.4, 0.5) is 8.78 Å². The first-order chi connectivity index (χ1) is 8.54. The van der Waals surface area contributed by atoms with Gasteiger partial charge in [0.1, 0.15) is 5.75 Å². The highest BCUT2D eigenvalue weighted by Gasteiger charge is 2.09. The van der Waals surface area contributed by atoms with Gasteiger partial charge >= 0.3 is 12.6 Å². The van der Waals surface area contributed by atoms with Crippen molar-refractivity contribution in [2.45, 2.75) is 11.8 Å². The van der Waals surface area contributed by atoms with E-state index in [4.69, 9.17) is 5.11 Å². The van der Waals surface area contributed by atoms with E-state index in [1.165, 1.54) is 18.2 Å². The first-order valence-electron chi connectivity index (χ1n) is 4.84. The summed E-state index contributed by atoms with van der Waals surface area (Å²) >= 11 is 1.02. The third kappa shape index (κ3) is 3.10. The number of H-pyrrole nitrogens is 1. The van der Waals surface area contributed by atoms with Crippen molar-refractivity contribution in [3.63, 3.8) is 0 Å². The summed E-state index contributed by atoms with van der Waals surface area (Å²) in [7, 11) is 0. The molecular formula is C10H8F2N2O3S. The van der Waals surface area contributed by atoms with E-state index in [0.717, 1.165) is 11.8 Å². The van der Waals surface area contributed by atoms with Crippen LogP contribution in [0.15, 0.2) is 23.4 Å². The molecule has 18 heavy (non-hydrogen) atoms. The van der Waals surface area contributed by atoms with Crippen LogP contribution in [0.5, 0.6) is 5.75 Å². The number of thioether (sulfide) groups is 1. The largest absolute Gasteiger partial charge is 0.481 e. The summed E-state index contributed by atoms with van der Waals surface area (Å²) in [4.78, 5) is 17.3. The fourth-order valence-corrected chi connectivity index (χ4v) is 1.95. The standard InChI is InChI=1S/C10H8F2N2O3S/c11-9(12)17-5-1-2-6-7(3-5)14-10(13-6)18-4-8(15)16/h1-3,9H,4H2,(H,13,14)(H,15,16). The molecule has 0 fully saturated rings. The number of benzene rings is 1. The van der Waals surface area contributed by atoms with Crippen LogP contribution >= 0.6 is 11.8 Å². The van der Waals surface area contributed by atoms with Crippen LogP contribution in [0.1, 0.15) is 0 Å². The second kappa shape index (κ2) is 5.21. The fourth-order valence-electron chi connectivity index (χ4n) is 1.34. The molecule has 0 atom stereocenters. The lowest BCUT2D eigenvalue weighted by molar-refractivity contribution is -0.133. The molecule has 0 aliphatic carbocycles. The number of aromatic nitrogens is 2. The van der Waals surface area contributed by atoms with Crippen LogP contribution in [0.2, 0.25) is 0 Å². The van der Waals surface area contributed by atoms with Crippen molar-refractivity contribution in [3.05, 3.63) is 18.2 Å². The number of nitrogens with zero attached hydrogens (tertiary/aromatic N) is 1. The van der Waals surface area contributed by atoms with E-state index in [9.17, 15) is 13.6 Å². The number of aromatic amines is 1. The van der Waals surface area contributed by atoms with Gasteiger partial charge in [-0.25, -0.2) is 4.98 Å². The van der Waals surface area contributed by atoms with E-state index in [2.05, 4.69) is 14.7 Å². The minimum Gasteiger partial charge on any atom is -0.481 e. The van der Waals surface area contributed by atoms with Crippen LogP contribution in [-0.2, 0) is 4.79 Å². The molecule has 0 spiro atoms. The third-order valence-electron chi connectivity index (χ3n) is 1.99. The van der Waals surface area contributed by atoms with Gasteiger partial charge in [0.15, 0.2) is 5.16 Å². The highest BCUT2D eigenvalue weighted by atomic mass is 32.2. The van der Waals surface area contributed by atoms with Crippen molar-refractivity contribution < 1.29 is 23.4 Å². The summed E-state index contributed by atoms with van der Waals surface area (Å²) in [5.74, 6) is -1.06. The van der Waals surface area contributed by atoms with Gasteiger partial charge in [-0.05, 0) is 12.1 Å². The maximum Gasteiger partial charge on any atom is 0.387 e. The maximum atomic E-state index is 12.0. The molecule has 2 N–H and O–H groups in total. The molecule has 0 radical (unpaired) electrons. The van der Waals surface area contributed by atoms with Crippen molar-refractivity contribution in [1.82, 2.24) is 9.97 Å². The SMILES string of the molecule is O=C(O)CSc1nc2ccc(OC(F)F)cc2[nH]1. The number of hydrogen-bond acceptors (Lipinski definition) is 4. The molecule has 5 nitrogen and oxygen atoms in total. The molecular weight excluding hydrogens is 266 g/mol. The summed E-state index contributed by atoms with van der Waals surface area (Å²) < 4.78 is 28.3. The molecule has 2 aromatic rings. The Bertz CT molecular complexity index is 573. The van der Waals surface area contributed by atoms with Gasteiger partial charge in [0.25, 0.3) is 0 Å². The number of fused-ring (bicyclic) bond motifs is 1. The molecule has 0 aliphatic rings. The Balaban J connectivity index is 2.19. The van der Waals surface area contributed by atoms with E-state index in [0.29, 0.717) is 16.2 Å². The Morgan fingerprint density at radius 3 is 3.00 bits per heavy atom. The highest BCUT2D eigenvalue weighted by molar-refractivity contribution is 7.99. The molecule has 0 saturated heterocycles. The van der Waals surface area contributed by atoms with E-state index in [1.54, 1.807) is 0 Å². The number of alkyl halides is 2. The summed E-state index contributed by atoms with van der Waals surface area (Å²) in [6.45, 7) is -2.88. The monoisotopic (exact) mass is 274 g/mol. The predicted molar refractivity (Wildman–Crippen MR) is 61.1 cm³/mol. The minimum absolute atomic E-state index is 0.0240. The second-order valence-electron chi connectivity index (χ2n) is 3.28. The normalized spacial score (nSPS) is 11.1. The smallest absolute Gasteiger partial charge is 0.387 e. The van der Waals surface area contributed by atoms with Crippen molar-refractivity contribution >= 4 is 28.8 Å². The molecule has 1 aromatic carbocycles. The lowest BCUT2D eigenvalue weighted by Gasteiger charge is -2.02. The Hall–Kier alpha value is -1.83. The van der Waals surface area contributed by atoms with Gasteiger partial charge in [-0.15, -0.1) is 0 Å². The zero-order valence-electron chi connectivity index (χ0n) is 8.89. The summed E-state index contributed by atoms with van der Waals surface area (Å²) in [5, 5.41) is 8.95. The Morgan fingerprint density at radius 1 is 1.56 bits per heavy atom. The minimum atomic E-state index is -2.88. The van der Waals surface area contributed by atoms with Crippen molar-refractivity contribution in [2.75, 3.05) is 5.75 Å². The van der Waals surface area contributed by atoms with Crippen LogP contribution in [-0.4, -0.2) is 33.4 Å². The van der Waals surface area contributed by atoms with Crippen LogP contribution in [0.3, 0.4) is 0 Å². The number of nitrogens with one attached hydrogen (secondary N) is 1. The highest BCUT2D eigenvalue weighted by Crippen LogP contribution is 2.24. The molecule has 0 aliphatic heterocycles. The van der Waals surface area contributed by atoms with E-state index >= 15 is 0 Å². The molecule has 0 amide bonds. The Kier molecular flexibility index (Phi) is 3.66. The number of carboxylic acid groups (broad SMARTS) is 1. The molecule has 1 aromatic heterocycles. The Morgan fingerprint density at radius 2 is 2.33 bits per heavy atom. The molecule has 8 heteroatoms.